The predicted octanol–water partition coefficient (Wildman–Crippen LogP) is -0.642. The Kier molecular flexibility index (Phi) is 3.12. The molecule has 0 aliphatic carbocycles. The molecular formula is C10H16N4O3. The summed E-state index contributed by atoms with van der Waals surface area (Å²) in [5.41, 5.74) is 5.16. The summed E-state index contributed by atoms with van der Waals surface area (Å²) in [6.45, 7) is 4.46. The molecule has 94 valence electrons. The van der Waals surface area contributed by atoms with E-state index in [1.807, 2.05) is 0 Å². The maximum absolute atomic E-state index is 12.0. The fraction of sp³-hybridized carbons (Fsp3) is 0.700. The van der Waals surface area contributed by atoms with Crippen LogP contribution in [0.1, 0.15) is 18.6 Å². The van der Waals surface area contributed by atoms with E-state index in [-0.39, 0.29) is 18.5 Å². The van der Waals surface area contributed by atoms with E-state index in [9.17, 15) is 4.79 Å². The fourth-order valence-electron chi connectivity index (χ4n) is 1.69. The Morgan fingerprint density at radius 1 is 1.71 bits per heavy atom. The van der Waals surface area contributed by atoms with Crippen LogP contribution < -0.4 is 11.1 Å². The largest absolute Gasteiger partial charge is 0.379 e. The van der Waals surface area contributed by atoms with Crippen molar-refractivity contribution < 1.29 is 14.1 Å². The summed E-state index contributed by atoms with van der Waals surface area (Å²) >= 11 is 0. The van der Waals surface area contributed by atoms with Gasteiger partial charge in [0.25, 0.3) is 0 Å². The molecule has 3 N–H and O–H groups in total. The van der Waals surface area contributed by atoms with Gasteiger partial charge in [0, 0.05) is 6.04 Å². The smallest absolute Gasteiger partial charge is 0.246 e. The Hall–Kier alpha value is -1.47. The Morgan fingerprint density at radius 3 is 3.00 bits per heavy atom. The van der Waals surface area contributed by atoms with E-state index < -0.39 is 5.41 Å². The second-order valence-corrected chi connectivity index (χ2v) is 4.46. The fourth-order valence-corrected chi connectivity index (χ4v) is 1.69. The van der Waals surface area contributed by atoms with Crippen LogP contribution in [0.4, 0.5) is 0 Å². The summed E-state index contributed by atoms with van der Waals surface area (Å²) in [5, 5.41) is 6.37. The van der Waals surface area contributed by atoms with Gasteiger partial charge in [0.15, 0.2) is 5.82 Å². The minimum Gasteiger partial charge on any atom is -0.379 e. The van der Waals surface area contributed by atoms with Crippen molar-refractivity contribution in [2.75, 3.05) is 13.2 Å². The molecule has 1 aromatic heterocycles. The number of hydrogen-bond acceptors (Lipinski definition) is 6. The van der Waals surface area contributed by atoms with Gasteiger partial charge in [-0.3, -0.25) is 4.79 Å². The highest BCUT2D eigenvalue weighted by Gasteiger charge is 2.44. The summed E-state index contributed by atoms with van der Waals surface area (Å²) in [7, 11) is 0. The molecule has 0 spiro atoms. The van der Waals surface area contributed by atoms with Crippen molar-refractivity contribution in [3.63, 3.8) is 0 Å². The van der Waals surface area contributed by atoms with Gasteiger partial charge >= 0.3 is 0 Å². The molecule has 2 rings (SSSR count). The normalized spacial score (nSPS) is 28.3. The molecule has 0 aromatic carbocycles. The van der Waals surface area contributed by atoms with Crippen LogP contribution in [-0.2, 0) is 16.1 Å². The van der Waals surface area contributed by atoms with Crippen molar-refractivity contribution in [3.05, 3.63) is 11.7 Å². The first kappa shape index (κ1) is 12.0. The first-order chi connectivity index (χ1) is 8.02. The number of carbonyl (C=O) groups is 1. The van der Waals surface area contributed by atoms with Crippen molar-refractivity contribution in [2.45, 2.75) is 26.4 Å². The summed E-state index contributed by atoms with van der Waals surface area (Å²) in [6.07, 6.45) is 0. The summed E-state index contributed by atoms with van der Waals surface area (Å²) < 4.78 is 10.1. The number of nitrogens with one attached hydrogen (secondary N) is 1. The van der Waals surface area contributed by atoms with E-state index in [0.717, 1.165) is 0 Å². The van der Waals surface area contributed by atoms with Crippen molar-refractivity contribution in [2.24, 2.45) is 11.1 Å². The SMILES string of the molecule is Cc1noc(CNC(=O)C2(C)COCC2N)n1. The highest BCUT2D eigenvalue weighted by atomic mass is 16.5. The van der Waals surface area contributed by atoms with Gasteiger partial charge in [0.05, 0.1) is 25.2 Å². The number of amides is 1. The molecule has 2 atom stereocenters. The molecule has 1 aliphatic heterocycles. The van der Waals surface area contributed by atoms with Gasteiger partial charge < -0.3 is 20.3 Å². The first-order valence-electron chi connectivity index (χ1n) is 5.43. The molecule has 2 heterocycles. The molecule has 1 aliphatic rings. The third-order valence-corrected chi connectivity index (χ3v) is 3.01. The van der Waals surface area contributed by atoms with E-state index in [1.165, 1.54) is 0 Å². The van der Waals surface area contributed by atoms with Crippen LogP contribution in [0.5, 0.6) is 0 Å². The lowest BCUT2D eigenvalue weighted by molar-refractivity contribution is -0.130. The highest BCUT2D eigenvalue weighted by molar-refractivity contribution is 5.83. The lowest BCUT2D eigenvalue weighted by atomic mass is 9.85. The lowest BCUT2D eigenvalue weighted by Crippen LogP contribution is -2.49. The number of aryl methyl sites for hydroxylation is 1. The zero-order valence-electron chi connectivity index (χ0n) is 9.90. The Bertz CT molecular complexity index is 419. The van der Waals surface area contributed by atoms with Crippen LogP contribution in [0.3, 0.4) is 0 Å². The van der Waals surface area contributed by atoms with Crippen LogP contribution in [0.2, 0.25) is 0 Å². The summed E-state index contributed by atoms with van der Waals surface area (Å²) in [4.78, 5) is 16.0. The third kappa shape index (κ3) is 2.29. The van der Waals surface area contributed by atoms with Gasteiger partial charge in [0.2, 0.25) is 11.8 Å². The van der Waals surface area contributed by atoms with E-state index in [4.69, 9.17) is 15.0 Å². The van der Waals surface area contributed by atoms with Crippen LogP contribution in [0.25, 0.3) is 0 Å². The van der Waals surface area contributed by atoms with Gasteiger partial charge in [-0.25, -0.2) is 0 Å². The highest BCUT2D eigenvalue weighted by Crippen LogP contribution is 2.27. The number of ether oxygens (including phenoxy) is 1. The van der Waals surface area contributed by atoms with Gasteiger partial charge in [-0.1, -0.05) is 5.16 Å². The molecule has 1 saturated heterocycles. The molecular weight excluding hydrogens is 224 g/mol. The Balaban J connectivity index is 1.93. The molecule has 17 heavy (non-hydrogen) atoms. The maximum Gasteiger partial charge on any atom is 0.246 e. The van der Waals surface area contributed by atoms with Crippen LogP contribution in [0, 0.1) is 12.3 Å². The van der Waals surface area contributed by atoms with Crippen LogP contribution in [0.15, 0.2) is 4.52 Å². The molecule has 0 bridgehead atoms. The predicted molar refractivity (Wildman–Crippen MR) is 57.8 cm³/mol. The Morgan fingerprint density at radius 2 is 2.47 bits per heavy atom. The number of hydrogen-bond donors (Lipinski definition) is 2. The maximum atomic E-state index is 12.0. The van der Waals surface area contributed by atoms with Crippen molar-refractivity contribution in [1.82, 2.24) is 15.5 Å². The Labute approximate surface area is 98.7 Å². The van der Waals surface area contributed by atoms with E-state index in [0.29, 0.717) is 24.9 Å². The second-order valence-electron chi connectivity index (χ2n) is 4.46. The van der Waals surface area contributed by atoms with Gasteiger partial charge in [-0.05, 0) is 13.8 Å². The minimum absolute atomic E-state index is 0.154. The molecule has 1 fully saturated rings. The van der Waals surface area contributed by atoms with Gasteiger partial charge in [-0.2, -0.15) is 4.98 Å². The number of carbonyl (C=O) groups excluding carboxylic acids is 1. The average molecular weight is 240 g/mol. The minimum atomic E-state index is -0.685. The third-order valence-electron chi connectivity index (χ3n) is 3.01. The van der Waals surface area contributed by atoms with E-state index in [1.54, 1.807) is 13.8 Å². The van der Waals surface area contributed by atoms with Gasteiger partial charge in [-0.15, -0.1) is 0 Å². The van der Waals surface area contributed by atoms with Crippen LogP contribution in [-0.4, -0.2) is 35.3 Å². The molecule has 0 radical (unpaired) electrons. The topological polar surface area (TPSA) is 103 Å². The lowest BCUT2D eigenvalue weighted by Gasteiger charge is -2.24. The molecule has 1 amide bonds. The van der Waals surface area contributed by atoms with Gasteiger partial charge in [0.1, 0.15) is 0 Å². The number of rotatable bonds is 3. The summed E-state index contributed by atoms with van der Waals surface area (Å²) in [5.74, 6) is 0.770. The molecule has 7 nitrogen and oxygen atoms in total. The summed E-state index contributed by atoms with van der Waals surface area (Å²) in [6, 6.07) is -0.285. The first-order valence-corrected chi connectivity index (χ1v) is 5.43. The number of nitrogens with two attached hydrogens (primary N) is 1. The number of aromatic nitrogens is 2. The molecule has 1 aromatic rings. The van der Waals surface area contributed by atoms with E-state index in [2.05, 4.69) is 15.5 Å². The molecule has 2 unspecified atom stereocenters. The van der Waals surface area contributed by atoms with Crippen molar-refractivity contribution in [1.29, 1.82) is 0 Å². The van der Waals surface area contributed by atoms with E-state index >= 15 is 0 Å². The second kappa shape index (κ2) is 4.42. The quantitative estimate of drug-likeness (QED) is 0.728. The average Bonchev–Trinajstić information content (AvgIpc) is 2.84. The van der Waals surface area contributed by atoms with Crippen molar-refractivity contribution in [3.8, 4) is 0 Å². The molecule has 0 saturated carbocycles. The number of nitrogens with zero attached hydrogens (tertiary/aromatic N) is 2. The van der Waals surface area contributed by atoms with Crippen molar-refractivity contribution >= 4 is 5.91 Å². The zero-order chi connectivity index (χ0) is 12.5. The standard InChI is InChI=1S/C10H16N4O3/c1-6-13-8(17-14-6)3-12-9(15)10(2)5-16-4-7(10)11/h7H,3-5,11H2,1-2H3,(H,12,15). The zero-order valence-corrected chi connectivity index (χ0v) is 9.90. The monoisotopic (exact) mass is 240 g/mol. The molecule has 7 heteroatoms. The van der Waals surface area contributed by atoms with Crippen LogP contribution >= 0.6 is 0 Å².